The first-order chi connectivity index (χ1) is 8.33. The van der Waals surface area contributed by atoms with Crippen LogP contribution in [0, 0.1) is 11.3 Å². The molecule has 3 heteroatoms. The van der Waals surface area contributed by atoms with E-state index in [0.717, 1.165) is 12.5 Å². The molecule has 0 aromatic carbocycles. The van der Waals surface area contributed by atoms with Crippen LogP contribution in [-0.4, -0.2) is 6.54 Å². The van der Waals surface area contributed by atoms with Crippen molar-refractivity contribution in [3.8, 4) is 0 Å². The Morgan fingerprint density at radius 3 is 2.50 bits per heavy atom. The van der Waals surface area contributed by atoms with Gasteiger partial charge in [-0.2, -0.15) is 0 Å². The fourth-order valence-electron chi connectivity index (χ4n) is 2.61. The van der Waals surface area contributed by atoms with Crippen LogP contribution in [0.25, 0.3) is 0 Å². The third-order valence-corrected chi connectivity index (χ3v) is 5.00. The lowest BCUT2D eigenvalue weighted by Crippen LogP contribution is -2.24. The summed E-state index contributed by atoms with van der Waals surface area (Å²) in [6.07, 6.45) is 2.49. The minimum atomic E-state index is 0.420. The predicted molar refractivity (Wildman–Crippen MR) is 86.3 cm³/mol. The molecule has 1 aromatic heterocycles. The van der Waals surface area contributed by atoms with Crippen LogP contribution in [0.2, 0.25) is 0 Å². The minimum Gasteiger partial charge on any atom is -0.309 e. The molecule has 0 aliphatic rings. The molecule has 0 radical (unpaired) electrons. The molecule has 0 saturated heterocycles. The van der Waals surface area contributed by atoms with E-state index in [1.807, 2.05) is 11.3 Å². The highest BCUT2D eigenvalue weighted by atomic mass is 79.9. The highest BCUT2D eigenvalue weighted by molar-refractivity contribution is 9.10. The number of hydrogen-bond acceptors (Lipinski definition) is 2. The lowest BCUT2D eigenvalue weighted by molar-refractivity contribution is 0.277. The van der Waals surface area contributed by atoms with Gasteiger partial charge in [-0.3, -0.25) is 0 Å². The summed E-state index contributed by atoms with van der Waals surface area (Å²) in [5, 5.41) is 5.79. The predicted octanol–water partition coefficient (Wildman–Crippen LogP) is 5.62. The fraction of sp³-hybridized carbons (Fsp3) is 0.733. The van der Waals surface area contributed by atoms with E-state index < -0.39 is 0 Å². The van der Waals surface area contributed by atoms with E-state index in [4.69, 9.17) is 0 Å². The molecule has 0 fully saturated rings. The number of nitrogens with one attached hydrogen (secondary N) is 1. The van der Waals surface area contributed by atoms with Gasteiger partial charge in [-0.15, -0.1) is 11.3 Å². The second-order valence-corrected chi connectivity index (χ2v) is 8.15. The third-order valence-electron chi connectivity index (χ3n) is 3.01. The molecule has 2 atom stereocenters. The first-order valence-corrected chi connectivity index (χ1v) is 8.47. The second kappa shape index (κ2) is 7.06. The summed E-state index contributed by atoms with van der Waals surface area (Å²) >= 11 is 5.51. The normalized spacial score (nSPS) is 15.7. The SMILES string of the molecule is CCNC(CC(C)CC(C)(C)C)c1sccc1Br. The summed E-state index contributed by atoms with van der Waals surface area (Å²) in [5.74, 6) is 0.739. The van der Waals surface area contributed by atoms with Crippen molar-refractivity contribution in [1.82, 2.24) is 5.32 Å². The number of rotatable bonds is 6. The van der Waals surface area contributed by atoms with Gasteiger partial charge in [0.05, 0.1) is 0 Å². The van der Waals surface area contributed by atoms with E-state index in [9.17, 15) is 0 Å². The zero-order valence-electron chi connectivity index (χ0n) is 12.2. The van der Waals surface area contributed by atoms with Crippen molar-refractivity contribution in [3.05, 3.63) is 20.8 Å². The van der Waals surface area contributed by atoms with Crippen LogP contribution < -0.4 is 5.32 Å². The molecule has 1 N–H and O–H groups in total. The molecular weight excluding hydrogens is 306 g/mol. The van der Waals surface area contributed by atoms with Crippen molar-refractivity contribution in [2.75, 3.05) is 6.54 Å². The van der Waals surface area contributed by atoms with Gasteiger partial charge in [-0.25, -0.2) is 0 Å². The Bertz CT molecular complexity index is 354. The standard InChI is InChI=1S/C15H26BrNS/c1-6-17-13(14-12(16)7-8-18-14)9-11(2)10-15(3,4)5/h7-8,11,13,17H,6,9-10H2,1-5H3. The van der Waals surface area contributed by atoms with Crippen molar-refractivity contribution in [2.45, 2.75) is 53.5 Å². The Labute approximate surface area is 125 Å². The first kappa shape index (κ1) is 16.2. The molecule has 104 valence electrons. The van der Waals surface area contributed by atoms with Gasteiger partial charge in [0.2, 0.25) is 0 Å². The van der Waals surface area contributed by atoms with Crippen LogP contribution >= 0.6 is 27.3 Å². The Morgan fingerprint density at radius 1 is 1.39 bits per heavy atom. The van der Waals surface area contributed by atoms with Crippen LogP contribution in [-0.2, 0) is 0 Å². The topological polar surface area (TPSA) is 12.0 Å². The van der Waals surface area contributed by atoms with Gasteiger partial charge in [0, 0.05) is 15.4 Å². The lowest BCUT2D eigenvalue weighted by Gasteiger charge is -2.27. The monoisotopic (exact) mass is 331 g/mol. The van der Waals surface area contributed by atoms with Crippen molar-refractivity contribution in [1.29, 1.82) is 0 Å². The third kappa shape index (κ3) is 5.41. The first-order valence-electron chi connectivity index (χ1n) is 6.79. The van der Waals surface area contributed by atoms with Gasteiger partial charge in [0.1, 0.15) is 0 Å². The van der Waals surface area contributed by atoms with Gasteiger partial charge in [0.15, 0.2) is 0 Å². The molecule has 0 saturated carbocycles. The summed E-state index contributed by atoms with van der Waals surface area (Å²) in [6.45, 7) is 12.6. The van der Waals surface area contributed by atoms with Gasteiger partial charge in [0.25, 0.3) is 0 Å². The average Bonchev–Trinajstić information content (AvgIpc) is 2.60. The molecule has 0 aliphatic heterocycles. The van der Waals surface area contributed by atoms with Gasteiger partial charge < -0.3 is 5.32 Å². The summed E-state index contributed by atoms with van der Waals surface area (Å²) < 4.78 is 1.25. The Hall–Kier alpha value is 0.140. The maximum atomic E-state index is 3.66. The summed E-state index contributed by atoms with van der Waals surface area (Å²) in [7, 11) is 0. The Kier molecular flexibility index (Phi) is 6.36. The lowest BCUT2D eigenvalue weighted by atomic mass is 9.83. The smallest absolute Gasteiger partial charge is 0.0428 e. The number of halogens is 1. The van der Waals surface area contributed by atoms with Crippen LogP contribution in [0.1, 0.15) is 58.4 Å². The molecule has 1 rings (SSSR count). The maximum absolute atomic E-state index is 3.66. The fourth-order valence-corrected chi connectivity index (χ4v) is 4.35. The summed E-state index contributed by atoms with van der Waals surface area (Å²) in [4.78, 5) is 1.44. The summed E-state index contributed by atoms with van der Waals surface area (Å²) in [5.41, 5.74) is 0.420. The molecule has 0 aliphatic carbocycles. The van der Waals surface area contributed by atoms with Gasteiger partial charge in [-0.1, -0.05) is 34.6 Å². The van der Waals surface area contributed by atoms with Gasteiger partial charge in [-0.05, 0) is 58.1 Å². The van der Waals surface area contributed by atoms with E-state index in [1.54, 1.807) is 0 Å². The molecule has 2 unspecified atom stereocenters. The largest absolute Gasteiger partial charge is 0.309 e. The molecule has 1 heterocycles. The van der Waals surface area contributed by atoms with E-state index in [0.29, 0.717) is 11.5 Å². The van der Waals surface area contributed by atoms with E-state index in [2.05, 4.69) is 67.3 Å². The van der Waals surface area contributed by atoms with E-state index in [1.165, 1.54) is 22.2 Å². The molecule has 0 amide bonds. The number of hydrogen-bond donors (Lipinski definition) is 1. The summed E-state index contributed by atoms with van der Waals surface area (Å²) in [6, 6.07) is 2.64. The van der Waals surface area contributed by atoms with Crippen LogP contribution in [0.5, 0.6) is 0 Å². The number of thiophene rings is 1. The highest BCUT2D eigenvalue weighted by Crippen LogP contribution is 2.35. The minimum absolute atomic E-state index is 0.420. The Balaban J connectivity index is 2.67. The molecule has 1 nitrogen and oxygen atoms in total. The van der Waals surface area contributed by atoms with E-state index >= 15 is 0 Å². The molecule has 0 bridgehead atoms. The highest BCUT2D eigenvalue weighted by Gasteiger charge is 2.21. The molecule has 1 aromatic rings. The molecular formula is C15H26BrNS. The quantitative estimate of drug-likeness (QED) is 0.712. The zero-order chi connectivity index (χ0) is 13.8. The second-order valence-electron chi connectivity index (χ2n) is 6.35. The van der Waals surface area contributed by atoms with Crippen LogP contribution in [0.3, 0.4) is 0 Å². The van der Waals surface area contributed by atoms with Crippen molar-refractivity contribution in [3.63, 3.8) is 0 Å². The zero-order valence-corrected chi connectivity index (χ0v) is 14.6. The maximum Gasteiger partial charge on any atom is 0.0428 e. The van der Waals surface area contributed by atoms with Crippen molar-refractivity contribution in [2.24, 2.45) is 11.3 Å². The van der Waals surface area contributed by atoms with Crippen molar-refractivity contribution >= 4 is 27.3 Å². The Morgan fingerprint density at radius 2 is 2.06 bits per heavy atom. The van der Waals surface area contributed by atoms with E-state index in [-0.39, 0.29) is 0 Å². The van der Waals surface area contributed by atoms with Crippen LogP contribution in [0.4, 0.5) is 0 Å². The molecule has 18 heavy (non-hydrogen) atoms. The van der Waals surface area contributed by atoms with Crippen molar-refractivity contribution < 1.29 is 0 Å². The average molecular weight is 332 g/mol. The molecule has 0 spiro atoms. The van der Waals surface area contributed by atoms with Gasteiger partial charge >= 0.3 is 0 Å². The van der Waals surface area contributed by atoms with Crippen LogP contribution in [0.15, 0.2) is 15.9 Å².